The minimum absolute atomic E-state index is 0.148. The van der Waals surface area contributed by atoms with Crippen LogP contribution in [0.15, 0.2) is 18.2 Å². The van der Waals surface area contributed by atoms with Crippen molar-refractivity contribution < 1.29 is 14.0 Å². The first-order valence-electron chi connectivity index (χ1n) is 11.4. The quantitative estimate of drug-likeness (QED) is 0.524. The number of carbonyl (C=O) groups excluding carboxylic acids is 2. The van der Waals surface area contributed by atoms with E-state index < -0.39 is 5.82 Å². The minimum atomic E-state index is -0.461. The first-order chi connectivity index (χ1) is 15.0. The van der Waals surface area contributed by atoms with Gasteiger partial charge in [0.15, 0.2) is 0 Å². The molecule has 3 fully saturated rings. The zero-order valence-corrected chi connectivity index (χ0v) is 18.1. The number of nitrogens with one attached hydrogen (secondary N) is 1. The Bertz CT molecular complexity index is 774. The third-order valence-electron chi connectivity index (χ3n) is 6.71. The summed E-state index contributed by atoms with van der Waals surface area (Å²) in [5.41, 5.74) is 3.63. The lowest BCUT2D eigenvalue weighted by Crippen LogP contribution is -2.47. The molecular formula is C22H33FN6O2. The summed E-state index contributed by atoms with van der Waals surface area (Å²) in [5, 5.41) is 2.86. The number of nitrogens with two attached hydrogens (primary N) is 1. The second-order valence-corrected chi connectivity index (χ2v) is 8.85. The second-order valence-electron chi connectivity index (χ2n) is 8.85. The van der Waals surface area contributed by atoms with Gasteiger partial charge in [0.25, 0.3) is 0 Å². The van der Waals surface area contributed by atoms with Crippen LogP contribution in [0.2, 0.25) is 0 Å². The number of nitrogens with zero attached hydrogens (tertiary/aromatic N) is 4. The summed E-state index contributed by atoms with van der Waals surface area (Å²) in [6.45, 7) is 6.75. The summed E-state index contributed by atoms with van der Waals surface area (Å²) in [6.07, 6.45) is 4.74. The molecule has 31 heavy (non-hydrogen) atoms. The smallest absolute Gasteiger partial charge is 0.248 e. The maximum absolute atomic E-state index is 14.7. The van der Waals surface area contributed by atoms with Crippen LogP contribution in [0.4, 0.5) is 15.8 Å². The first-order valence-corrected chi connectivity index (χ1v) is 11.4. The highest BCUT2D eigenvalue weighted by Gasteiger charge is 2.27. The number of piperazine rings is 1. The molecule has 0 atom stereocenters. The molecule has 0 aromatic heterocycles. The van der Waals surface area contributed by atoms with E-state index in [-0.39, 0.29) is 17.5 Å². The molecule has 4 rings (SSSR count). The summed E-state index contributed by atoms with van der Waals surface area (Å²) < 4.78 is 14.7. The van der Waals surface area contributed by atoms with Crippen LogP contribution in [-0.4, -0.2) is 72.5 Å². The fourth-order valence-corrected chi connectivity index (χ4v) is 4.63. The predicted octanol–water partition coefficient (Wildman–Crippen LogP) is 1.79. The molecule has 170 valence electrons. The average Bonchev–Trinajstić information content (AvgIpc) is 2.77. The molecule has 0 unspecified atom stereocenters. The van der Waals surface area contributed by atoms with Gasteiger partial charge in [0, 0.05) is 57.8 Å². The Morgan fingerprint density at radius 2 is 1.68 bits per heavy atom. The standard InChI is InChI=1S/C22H33FN6O2/c23-19-16-18(4-5-20(19)25-29-21(30)2-1-3-22(29)31)27-14-12-26(13-15-27)9-6-17-7-10-28(24)11-8-17/h4-5,16-17,25H,1-3,6-15,24H2. The molecule has 0 spiro atoms. The van der Waals surface area contributed by atoms with E-state index >= 15 is 0 Å². The molecule has 3 aliphatic rings. The van der Waals surface area contributed by atoms with E-state index in [2.05, 4.69) is 15.2 Å². The number of benzene rings is 1. The molecule has 3 saturated heterocycles. The van der Waals surface area contributed by atoms with Gasteiger partial charge in [-0.25, -0.2) is 9.40 Å². The molecule has 0 radical (unpaired) electrons. The van der Waals surface area contributed by atoms with E-state index in [9.17, 15) is 14.0 Å². The molecule has 8 nitrogen and oxygen atoms in total. The summed E-state index contributed by atoms with van der Waals surface area (Å²) in [6, 6.07) is 4.94. The summed E-state index contributed by atoms with van der Waals surface area (Å²) >= 11 is 0. The van der Waals surface area contributed by atoms with Crippen LogP contribution in [0.1, 0.15) is 38.5 Å². The first kappa shape index (κ1) is 22.0. The van der Waals surface area contributed by atoms with Gasteiger partial charge in [-0.1, -0.05) is 0 Å². The van der Waals surface area contributed by atoms with Gasteiger partial charge in [-0.15, -0.1) is 0 Å². The van der Waals surface area contributed by atoms with Crippen molar-refractivity contribution in [2.45, 2.75) is 38.5 Å². The summed E-state index contributed by atoms with van der Waals surface area (Å²) in [4.78, 5) is 28.5. The molecule has 1 aromatic carbocycles. The molecule has 2 amide bonds. The molecule has 0 saturated carbocycles. The van der Waals surface area contributed by atoms with Crippen molar-refractivity contribution in [3.05, 3.63) is 24.0 Å². The number of hydrogen-bond acceptors (Lipinski definition) is 7. The maximum Gasteiger partial charge on any atom is 0.248 e. The van der Waals surface area contributed by atoms with Gasteiger partial charge in [0.2, 0.25) is 11.8 Å². The minimum Gasteiger partial charge on any atom is -0.369 e. The number of piperidine rings is 2. The average molecular weight is 433 g/mol. The van der Waals surface area contributed by atoms with Crippen molar-refractivity contribution >= 4 is 23.2 Å². The van der Waals surface area contributed by atoms with E-state index in [1.807, 2.05) is 11.1 Å². The maximum atomic E-state index is 14.7. The number of hydrogen-bond donors (Lipinski definition) is 2. The molecular weight excluding hydrogens is 399 g/mol. The summed E-state index contributed by atoms with van der Waals surface area (Å²) in [5.74, 6) is 5.52. The van der Waals surface area contributed by atoms with E-state index in [0.717, 1.165) is 62.4 Å². The zero-order valence-electron chi connectivity index (χ0n) is 18.1. The highest BCUT2D eigenvalue weighted by molar-refractivity contribution is 5.98. The van der Waals surface area contributed by atoms with Gasteiger partial charge >= 0.3 is 0 Å². The molecule has 3 aliphatic heterocycles. The third kappa shape index (κ3) is 5.53. The van der Waals surface area contributed by atoms with Crippen molar-refractivity contribution in [3.63, 3.8) is 0 Å². The van der Waals surface area contributed by atoms with Crippen LogP contribution in [0.25, 0.3) is 0 Å². The van der Waals surface area contributed by atoms with E-state index in [0.29, 0.717) is 19.3 Å². The van der Waals surface area contributed by atoms with Crippen LogP contribution in [0, 0.1) is 11.7 Å². The van der Waals surface area contributed by atoms with Gasteiger partial charge in [0.1, 0.15) is 5.82 Å². The fourth-order valence-electron chi connectivity index (χ4n) is 4.63. The van der Waals surface area contributed by atoms with Crippen molar-refractivity contribution in [2.24, 2.45) is 11.8 Å². The fraction of sp³-hybridized carbons (Fsp3) is 0.636. The Balaban J connectivity index is 1.26. The highest BCUT2D eigenvalue weighted by atomic mass is 19.1. The number of halogens is 1. The van der Waals surface area contributed by atoms with Crippen LogP contribution in [0.5, 0.6) is 0 Å². The van der Waals surface area contributed by atoms with Crippen molar-refractivity contribution in [2.75, 3.05) is 56.1 Å². The Morgan fingerprint density at radius 3 is 2.32 bits per heavy atom. The van der Waals surface area contributed by atoms with Gasteiger partial charge in [-0.3, -0.25) is 25.8 Å². The Hall–Kier alpha value is -2.23. The van der Waals surface area contributed by atoms with Crippen LogP contribution >= 0.6 is 0 Å². The number of rotatable bonds is 6. The molecule has 1 aromatic rings. The second kappa shape index (κ2) is 9.93. The molecule has 3 N–H and O–H groups in total. The highest BCUT2D eigenvalue weighted by Crippen LogP contribution is 2.25. The third-order valence-corrected chi connectivity index (χ3v) is 6.71. The lowest BCUT2D eigenvalue weighted by molar-refractivity contribution is -0.146. The molecule has 9 heteroatoms. The number of hydrazine groups is 2. The Kier molecular flexibility index (Phi) is 7.04. The van der Waals surface area contributed by atoms with Crippen molar-refractivity contribution in [1.82, 2.24) is 14.9 Å². The van der Waals surface area contributed by atoms with Crippen LogP contribution in [0.3, 0.4) is 0 Å². The lowest BCUT2D eigenvalue weighted by atomic mass is 9.94. The largest absolute Gasteiger partial charge is 0.369 e. The van der Waals surface area contributed by atoms with E-state index in [4.69, 9.17) is 5.84 Å². The zero-order chi connectivity index (χ0) is 21.8. The van der Waals surface area contributed by atoms with E-state index in [1.165, 1.54) is 25.3 Å². The van der Waals surface area contributed by atoms with Crippen molar-refractivity contribution in [1.29, 1.82) is 0 Å². The predicted molar refractivity (Wildman–Crippen MR) is 117 cm³/mol. The number of carbonyl (C=O) groups is 2. The number of anilines is 2. The number of amides is 2. The monoisotopic (exact) mass is 432 g/mol. The van der Waals surface area contributed by atoms with Crippen molar-refractivity contribution in [3.8, 4) is 0 Å². The van der Waals surface area contributed by atoms with E-state index in [1.54, 1.807) is 6.07 Å². The van der Waals surface area contributed by atoms with Gasteiger partial charge in [-0.2, -0.15) is 5.01 Å². The Labute approximate surface area is 183 Å². The topological polar surface area (TPSA) is 85.2 Å². The molecule has 0 aliphatic carbocycles. The molecule has 0 bridgehead atoms. The van der Waals surface area contributed by atoms with Crippen LogP contribution in [-0.2, 0) is 9.59 Å². The van der Waals surface area contributed by atoms with Gasteiger partial charge < -0.3 is 4.90 Å². The SMILES string of the molecule is NN1CCC(CCN2CCN(c3ccc(NN4C(=O)CCCC4=O)c(F)c3)CC2)CC1. The Morgan fingerprint density at radius 1 is 1.00 bits per heavy atom. The normalized spacial score (nSPS) is 22.3. The molecule has 3 heterocycles. The van der Waals surface area contributed by atoms with Gasteiger partial charge in [0.05, 0.1) is 5.69 Å². The summed E-state index contributed by atoms with van der Waals surface area (Å²) in [7, 11) is 0. The number of imide groups is 1. The lowest BCUT2D eigenvalue weighted by Gasteiger charge is -2.37. The van der Waals surface area contributed by atoms with Gasteiger partial charge in [-0.05, 0) is 56.3 Å². The van der Waals surface area contributed by atoms with Crippen LogP contribution < -0.4 is 16.2 Å².